The Morgan fingerprint density at radius 1 is 1.15 bits per heavy atom. The number of hydrogen-bond donors (Lipinski definition) is 2. The third-order valence-electron chi connectivity index (χ3n) is 3.70. The third-order valence-corrected chi connectivity index (χ3v) is 3.70. The number of rotatable bonds is 9. The summed E-state index contributed by atoms with van der Waals surface area (Å²) < 4.78 is 10.8. The van der Waals surface area contributed by atoms with Crippen LogP contribution in [0.1, 0.15) is 39.7 Å². The first kappa shape index (κ1) is 21.5. The van der Waals surface area contributed by atoms with E-state index >= 15 is 0 Å². The van der Waals surface area contributed by atoms with E-state index in [4.69, 9.17) is 15.2 Å². The van der Waals surface area contributed by atoms with Crippen LogP contribution in [0.25, 0.3) is 0 Å². The van der Waals surface area contributed by atoms with Crippen molar-refractivity contribution < 1.29 is 14.3 Å². The van der Waals surface area contributed by atoms with Gasteiger partial charge in [0.05, 0.1) is 18.8 Å². The lowest BCUT2D eigenvalue weighted by molar-refractivity contribution is -0.112. The van der Waals surface area contributed by atoms with Crippen molar-refractivity contribution in [2.45, 2.75) is 40.7 Å². The van der Waals surface area contributed by atoms with Gasteiger partial charge in [-0.15, -0.1) is 0 Å². The molecule has 0 fully saturated rings. The van der Waals surface area contributed by atoms with Gasteiger partial charge in [0, 0.05) is 24.1 Å². The fourth-order valence-corrected chi connectivity index (χ4v) is 2.57. The topological polar surface area (TPSA) is 73.6 Å². The van der Waals surface area contributed by atoms with Crippen LogP contribution >= 0.6 is 0 Å². The first-order valence-corrected chi connectivity index (χ1v) is 8.67. The van der Waals surface area contributed by atoms with Gasteiger partial charge in [-0.05, 0) is 50.5 Å². The van der Waals surface area contributed by atoms with Crippen LogP contribution in [-0.2, 0) is 20.9 Å². The number of amides is 1. The number of nitrogens with one attached hydrogen (secondary N) is 1. The van der Waals surface area contributed by atoms with Crippen molar-refractivity contribution in [3.63, 3.8) is 0 Å². The smallest absolute Gasteiger partial charge is 0.259 e. The number of methoxy groups -OCH3 is 1. The minimum absolute atomic E-state index is 0.277. The molecular formula is C21H30N2O3. The largest absolute Gasteiger partial charge is 0.497 e. The lowest BCUT2D eigenvalue weighted by Gasteiger charge is -2.18. The van der Waals surface area contributed by atoms with Gasteiger partial charge in [0.25, 0.3) is 5.91 Å². The number of carbonyl (C=O) groups excluding carboxylic acids is 1. The average molecular weight is 358 g/mol. The van der Waals surface area contributed by atoms with Crippen molar-refractivity contribution in [2.24, 2.45) is 5.73 Å². The minimum atomic E-state index is -0.277. The molecule has 0 aliphatic heterocycles. The molecule has 0 radical (unpaired) electrons. The predicted octanol–water partition coefficient (Wildman–Crippen LogP) is 4.28. The van der Waals surface area contributed by atoms with Crippen molar-refractivity contribution in [3.05, 3.63) is 64.6 Å². The molecule has 5 heteroatoms. The van der Waals surface area contributed by atoms with E-state index in [9.17, 15) is 4.79 Å². The Bertz CT molecular complexity index is 696. The molecule has 0 aromatic heterocycles. The molecule has 1 aromatic rings. The summed E-state index contributed by atoms with van der Waals surface area (Å²) in [5.41, 5.74) is 10.0. The molecule has 0 saturated heterocycles. The predicted molar refractivity (Wildman–Crippen MR) is 106 cm³/mol. The monoisotopic (exact) mass is 358 g/mol. The second-order valence-electron chi connectivity index (χ2n) is 6.20. The fourth-order valence-electron chi connectivity index (χ4n) is 2.57. The minimum Gasteiger partial charge on any atom is -0.497 e. The molecule has 0 heterocycles. The molecule has 3 N–H and O–H groups in total. The Morgan fingerprint density at radius 3 is 2.23 bits per heavy atom. The van der Waals surface area contributed by atoms with Gasteiger partial charge in [-0.25, -0.2) is 0 Å². The van der Waals surface area contributed by atoms with Crippen LogP contribution < -0.4 is 11.1 Å². The van der Waals surface area contributed by atoms with E-state index in [0.717, 1.165) is 12.0 Å². The summed E-state index contributed by atoms with van der Waals surface area (Å²) in [5, 5.41) is 2.91. The number of hydrogen-bond acceptors (Lipinski definition) is 4. The van der Waals surface area contributed by atoms with E-state index in [2.05, 4.69) is 11.9 Å². The summed E-state index contributed by atoms with van der Waals surface area (Å²) in [7, 11) is 1.65. The molecule has 0 saturated carbocycles. The second kappa shape index (κ2) is 10.5. The van der Waals surface area contributed by atoms with Crippen LogP contribution in [0, 0.1) is 0 Å². The van der Waals surface area contributed by atoms with Gasteiger partial charge >= 0.3 is 0 Å². The molecule has 1 amide bonds. The number of allylic oxidation sites excluding steroid dienone is 3. The van der Waals surface area contributed by atoms with Crippen molar-refractivity contribution in [2.75, 3.05) is 19.0 Å². The third kappa shape index (κ3) is 6.08. The Morgan fingerprint density at radius 2 is 1.77 bits per heavy atom. The Hall–Kier alpha value is -2.53. The van der Waals surface area contributed by atoms with Crippen molar-refractivity contribution >= 4 is 11.6 Å². The van der Waals surface area contributed by atoms with E-state index in [1.165, 1.54) is 0 Å². The summed E-state index contributed by atoms with van der Waals surface area (Å²) in [6, 6.07) is 7.50. The highest BCUT2D eigenvalue weighted by Gasteiger charge is 2.21. The number of carbonyl (C=O) groups is 1. The highest BCUT2D eigenvalue weighted by molar-refractivity contribution is 6.08. The second-order valence-corrected chi connectivity index (χ2v) is 6.20. The lowest BCUT2D eigenvalue weighted by Crippen LogP contribution is -2.20. The molecule has 0 bridgehead atoms. The summed E-state index contributed by atoms with van der Waals surface area (Å²) >= 11 is 0. The first-order chi connectivity index (χ1) is 12.3. The van der Waals surface area contributed by atoms with Crippen molar-refractivity contribution in [1.29, 1.82) is 0 Å². The van der Waals surface area contributed by atoms with Crippen molar-refractivity contribution in [3.8, 4) is 0 Å². The molecule has 0 aliphatic carbocycles. The zero-order chi connectivity index (χ0) is 19.7. The maximum Gasteiger partial charge on any atom is 0.259 e. The van der Waals surface area contributed by atoms with Crippen LogP contribution in [0.4, 0.5) is 5.69 Å². The summed E-state index contributed by atoms with van der Waals surface area (Å²) in [6.45, 7) is 12.4. The molecule has 0 atom stereocenters. The SMILES string of the molecule is C=C(C)C(=C(\C)N)/C(C(=O)Nc1ccc(COC)cc1)=C(\C)OCCC. The molecule has 142 valence electrons. The molecule has 0 unspecified atom stereocenters. The maximum atomic E-state index is 13.0. The van der Waals surface area contributed by atoms with Gasteiger partial charge < -0.3 is 20.5 Å². The molecule has 5 nitrogen and oxygen atoms in total. The lowest BCUT2D eigenvalue weighted by atomic mass is 9.96. The quantitative estimate of drug-likeness (QED) is 0.392. The zero-order valence-electron chi connectivity index (χ0n) is 16.4. The van der Waals surface area contributed by atoms with Gasteiger partial charge in [0.15, 0.2) is 0 Å². The number of ether oxygens (including phenoxy) is 2. The fraction of sp³-hybridized carbons (Fsp3) is 0.381. The maximum absolute atomic E-state index is 13.0. The Kier molecular flexibility index (Phi) is 8.65. The van der Waals surface area contributed by atoms with Gasteiger partial charge in [-0.2, -0.15) is 0 Å². The van der Waals surface area contributed by atoms with Gasteiger partial charge in [0.1, 0.15) is 5.76 Å². The van der Waals surface area contributed by atoms with Crippen LogP contribution in [0.2, 0.25) is 0 Å². The molecule has 0 aliphatic rings. The molecular weight excluding hydrogens is 328 g/mol. The molecule has 26 heavy (non-hydrogen) atoms. The van der Waals surface area contributed by atoms with E-state index < -0.39 is 0 Å². The number of benzene rings is 1. The number of anilines is 1. The number of nitrogens with two attached hydrogens (primary N) is 1. The average Bonchev–Trinajstić information content (AvgIpc) is 2.58. The van der Waals surface area contributed by atoms with Crippen LogP contribution in [0.3, 0.4) is 0 Å². The van der Waals surface area contributed by atoms with E-state index in [1.807, 2.05) is 38.1 Å². The van der Waals surface area contributed by atoms with Crippen LogP contribution in [0.15, 0.2) is 59.0 Å². The highest BCUT2D eigenvalue weighted by atomic mass is 16.5. The molecule has 1 aromatic carbocycles. The summed E-state index contributed by atoms with van der Waals surface area (Å²) in [4.78, 5) is 13.0. The summed E-state index contributed by atoms with van der Waals surface area (Å²) in [5.74, 6) is 0.254. The van der Waals surface area contributed by atoms with Gasteiger partial charge in [-0.3, -0.25) is 4.79 Å². The zero-order valence-corrected chi connectivity index (χ0v) is 16.4. The summed E-state index contributed by atoms with van der Waals surface area (Å²) in [6.07, 6.45) is 0.848. The van der Waals surface area contributed by atoms with Gasteiger partial charge in [-0.1, -0.05) is 25.6 Å². The van der Waals surface area contributed by atoms with Crippen LogP contribution in [-0.4, -0.2) is 19.6 Å². The molecule has 1 rings (SSSR count). The molecule has 0 spiro atoms. The standard InChI is InChI=1S/C21H30N2O3/c1-7-12-26-16(5)20(19(14(2)3)15(4)22)21(24)23-18-10-8-17(9-11-18)13-25-6/h8-11H,2,7,12-13,22H2,1,3-6H3,(H,23,24)/b19-15-,20-16-. The van der Waals surface area contributed by atoms with Crippen LogP contribution in [0.5, 0.6) is 0 Å². The highest BCUT2D eigenvalue weighted by Crippen LogP contribution is 2.26. The Labute approximate surface area is 156 Å². The van der Waals surface area contributed by atoms with Crippen molar-refractivity contribution in [1.82, 2.24) is 0 Å². The van der Waals surface area contributed by atoms with E-state index in [0.29, 0.717) is 47.1 Å². The van der Waals surface area contributed by atoms with Gasteiger partial charge in [0.2, 0.25) is 0 Å². The Balaban J connectivity index is 3.19. The first-order valence-electron chi connectivity index (χ1n) is 8.67. The normalized spacial score (nSPS) is 12.8. The van der Waals surface area contributed by atoms with E-state index in [-0.39, 0.29) is 5.91 Å². The van der Waals surface area contributed by atoms with E-state index in [1.54, 1.807) is 21.0 Å².